The maximum Gasteiger partial charge on any atom is 0.269 e. The van der Waals surface area contributed by atoms with Gasteiger partial charge in [0.05, 0.1) is 4.92 Å². The molecule has 0 aliphatic carbocycles. The number of nitro groups is 1. The molecule has 2 rings (SSSR count). The second-order valence-corrected chi connectivity index (χ2v) is 4.97. The molecule has 0 amide bonds. The van der Waals surface area contributed by atoms with Crippen molar-refractivity contribution in [2.75, 3.05) is 11.9 Å². The maximum atomic E-state index is 10.6. The summed E-state index contributed by atoms with van der Waals surface area (Å²) in [6.07, 6.45) is 0.795. The Hall–Kier alpha value is -2.07. The van der Waals surface area contributed by atoms with Gasteiger partial charge in [0.15, 0.2) is 0 Å². The fourth-order valence-corrected chi connectivity index (χ4v) is 2.02. The molecule has 2 aromatic rings. The van der Waals surface area contributed by atoms with Crippen LogP contribution < -0.4 is 5.32 Å². The summed E-state index contributed by atoms with van der Waals surface area (Å²) in [4.78, 5) is 10.2. The number of nitro benzene ring substituents is 1. The summed E-state index contributed by atoms with van der Waals surface area (Å²) in [7, 11) is 0. The van der Waals surface area contributed by atoms with E-state index >= 15 is 0 Å². The molecule has 1 N–H and O–H groups in total. The van der Waals surface area contributed by atoms with E-state index in [2.05, 4.69) is 5.32 Å². The number of halogens is 1. The summed E-state index contributed by atoms with van der Waals surface area (Å²) < 4.78 is 0. The minimum Gasteiger partial charge on any atom is -0.385 e. The number of rotatable bonds is 5. The topological polar surface area (TPSA) is 55.2 Å². The summed E-state index contributed by atoms with van der Waals surface area (Å²) in [6, 6.07) is 12.5. The lowest BCUT2D eigenvalue weighted by atomic mass is 10.1. The first-order chi connectivity index (χ1) is 9.56. The molecular formula is C15H15ClN2O2. The lowest BCUT2D eigenvalue weighted by Crippen LogP contribution is -2.04. The van der Waals surface area contributed by atoms with E-state index in [1.807, 2.05) is 25.1 Å². The highest BCUT2D eigenvalue weighted by molar-refractivity contribution is 6.31. The van der Waals surface area contributed by atoms with Gasteiger partial charge in [-0.05, 0) is 36.6 Å². The number of nitrogens with zero attached hydrogens (tertiary/aromatic N) is 1. The van der Waals surface area contributed by atoms with Crippen LogP contribution in [0.3, 0.4) is 0 Å². The van der Waals surface area contributed by atoms with Crippen molar-refractivity contribution < 1.29 is 4.92 Å². The third-order valence-electron chi connectivity index (χ3n) is 3.06. The Balaban J connectivity index is 1.89. The monoisotopic (exact) mass is 290 g/mol. The van der Waals surface area contributed by atoms with Gasteiger partial charge in [-0.1, -0.05) is 29.8 Å². The van der Waals surface area contributed by atoms with Crippen molar-refractivity contribution >= 4 is 23.0 Å². The van der Waals surface area contributed by atoms with Crippen molar-refractivity contribution in [1.82, 2.24) is 0 Å². The van der Waals surface area contributed by atoms with E-state index in [1.165, 1.54) is 12.1 Å². The van der Waals surface area contributed by atoms with Crippen LogP contribution in [0.5, 0.6) is 0 Å². The van der Waals surface area contributed by atoms with Gasteiger partial charge in [-0.2, -0.15) is 0 Å². The number of hydrogen-bond donors (Lipinski definition) is 1. The van der Waals surface area contributed by atoms with Gasteiger partial charge < -0.3 is 5.32 Å². The minimum atomic E-state index is -0.393. The fourth-order valence-electron chi connectivity index (χ4n) is 1.84. The van der Waals surface area contributed by atoms with Gasteiger partial charge in [0.25, 0.3) is 5.69 Å². The molecule has 0 saturated carbocycles. The molecular weight excluding hydrogens is 276 g/mol. The van der Waals surface area contributed by atoms with Gasteiger partial charge in [-0.3, -0.25) is 10.1 Å². The summed E-state index contributed by atoms with van der Waals surface area (Å²) in [5.74, 6) is 0. The van der Waals surface area contributed by atoms with Crippen LogP contribution in [0, 0.1) is 17.0 Å². The van der Waals surface area contributed by atoms with Gasteiger partial charge in [-0.15, -0.1) is 0 Å². The Morgan fingerprint density at radius 3 is 2.50 bits per heavy atom. The molecule has 0 fully saturated rings. The lowest BCUT2D eigenvalue weighted by molar-refractivity contribution is -0.384. The van der Waals surface area contributed by atoms with Crippen molar-refractivity contribution in [3.63, 3.8) is 0 Å². The van der Waals surface area contributed by atoms with E-state index in [0.717, 1.165) is 34.8 Å². The predicted molar refractivity (Wildman–Crippen MR) is 81.5 cm³/mol. The van der Waals surface area contributed by atoms with Crippen LogP contribution >= 0.6 is 11.6 Å². The Morgan fingerprint density at radius 2 is 1.90 bits per heavy atom. The number of non-ortho nitro benzene ring substituents is 1. The molecule has 0 heterocycles. The van der Waals surface area contributed by atoms with Crippen LogP contribution in [-0.2, 0) is 6.42 Å². The normalized spacial score (nSPS) is 10.3. The second kappa shape index (κ2) is 6.39. The molecule has 104 valence electrons. The molecule has 20 heavy (non-hydrogen) atoms. The number of anilines is 1. The first-order valence-corrected chi connectivity index (χ1v) is 6.67. The van der Waals surface area contributed by atoms with Crippen molar-refractivity contribution in [2.45, 2.75) is 13.3 Å². The van der Waals surface area contributed by atoms with Crippen LogP contribution in [-0.4, -0.2) is 11.5 Å². The summed E-state index contributed by atoms with van der Waals surface area (Å²) in [6.45, 7) is 2.71. The van der Waals surface area contributed by atoms with Gasteiger partial charge in [0, 0.05) is 29.4 Å². The largest absolute Gasteiger partial charge is 0.385 e. The SMILES string of the molecule is Cc1ccc(NCCc2ccc([N+](=O)[O-])cc2)cc1Cl. The molecule has 0 bridgehead atoms. The third-order valence-corrected chi connectivity index (χ3v) is 3.47. The van der Waals surface area contributed by atoms with Crippen LogP contribution in [0.4, 0.5) is 11.4 Å². The second-order valence-electron chi connectivity index (χ2n) is 4.56. The number of nitrogens with one attached hydrogen (secondary N) is 1. The molecule has 0 aliphatic rings. The highest BCUT2D eigenvalue weighted by Crippen LogP contribution is 2.20. The number of aryl methyl sites for hydroxylation is 1. The van der Waals surface area contributed by atoms with E-state index in [-0.39, 0.29) is 5.69 Å². The van der Waals surface area contributed by atoms with E-state index in [0.29, 0.717) is 0 Å². The molecule has 0 radical (unpaired) electrons. The molecule has 0 atom stereocenters. The molecule has 0 aromatic heterocycles. The van der Waals surface area contributed by atoms with Crippen LogP contribution in [0.2, 0.25) is 5.02 Å². The maximum absolute atomic E-state index is 10.6. The molecule has 0 aliphatic heterocycles. The zero-order valence-corrected chi connectivity index (χ0v) is 11.9. The number of hydrogen-bond acceptors (Lipinski definition) is 3. The first-order valence-electron chi connectivity index (χ1n) is 6.29. The molecule has 5 heteroatoms. The Kier molecular flexibility index (Phi) is 4.58. The van der Waals surface area contributed by atoms with Gasteiger partial charge in [-0.25, -0.2) is 0 Å². The molecule has 2 aromatic carbocycles. The van der Waals surface area contributed by atoms with Crippen molar-refractivity contribution in [1.29, 1.82) is 0 Å². The number of benzene rings is 2. The van der Waals surface area contributed by atoms with Crippen molar-refractivity contribution in [2.24, 2.45) is 0 Å². The quantitative estimate of drug-likeness (QED) is 0.663. The van der Waals surface area contributed by atoms with E-state index in [1.54, 1.807) is 12.1 Å². The summed E-state index contributed by atoms with van der Waals surface area (Å²) >= 11 is 6.05. The summed E-state index contributed by atoms with van der Waals surface area (Å²) in [5.41, 5.74) is 3.20. The zero-order valence-electron chi connectivity index (χ0n) is 11.1. The molecule has 0 spiro atoms. The van der Waals surface area contributed by atoms with E-state index in [9.17, 15) is 10.1 Å². The van der Waals surface area contributed by atoms with Gasteiger partial charge in [0.1, 0.15) is 0 Å². The van der Waals surface area contributed by atoms with E-state index in [4.69, 9.17) is 11.6 Å². The fraction of sp³-hybridized carbons (Fsp3) is 0.200. The van der Waals surface area contributed by atoms with Crippen molar-refractivity contribution in [3.8, 4) is 0 Å². The molecule has 0 saturated heterocycles. The average Bonchev–Trinajstić information content (AvgIpc) is 2.43. The minimum absolute atomic E-state index is 0.118. The molecule has 4 nitrogen and oxygen atoms in total. The Morgan fingerprint density at radius 1 is 1.20 bits per heavy atom. The summed E-state index contributed by atoms with van der Waals surface area (Å²) in [5, 5.41) is 14.6. The van der Waals surface area contributed by atoms with E-state index < -0.39 is 4.92 Å². The van der Waals surface area contributed by atoms with Crippen LogP contribution in [0.15, 0.2) is 42.5 Å². The highest BCUT2D eigenvalue weighted by atomic mass is 35.5. The average molecular weight is 291 g/mol. The Labute approximate surface area is 122 Å². The zero-order chi connectivity index (χ0) is 14.5. The molecule has 0 unspecified atom stereocenters. The van der Waals surface area contributed by atoms with Gasteiger partial charge in [0.2, 0.25) is 0 Å². The standard InChI is InChI=1S/C15H15ClN2O2/c1-11-2-5-13(10-15(11)16)17-9-8-12-3-6-14(7-4-12)18(19)20/h2-7,10,17H,8-9H2,1H3. The van der Waals surface area contributed by atoms with Crippen LogP contribution in [0.25, 0.3) is 0 Å². The Bertz CT molecular complexity index is 612. The third kappa shape index (κ3) is 3.71. The van der Waals surface area contributed by atoms with Crippen molar-refractivity contribution in [3.05, 3.63) is 68.7 Å². The smallest absolute Gasteiger partial charge is 0.269 e. The van der Waals surface area contributed by atoms with Gasteiger partial charge >= 0.3 is 0 Å². The van der Waals surface area contributed by atoms with Crippen LogP contribution in [0.1, 0.15) is 11.1 Å². The lowest BCUT2D eigenvalue weighted by Gasteiger charge is -2.08. The first kappa shape index (κ1) is 14.3. The predicted octanol–water partition coefficient (Wildman–Crippen LogP) is 4.21. The highest BCUT2D eigenvalue weighted by Gasteiger charge is 2.03.